The van der Waals surface area contributed by atoms with E-state index in [1.54, 1.807) is 6.33 Å². The van der Waals surface area contributed by atoms with Crippen LogP contribution in [0.1, 0.15) is 63.1 Å². The lowest BCUT2D eigenvalue weighted by Crippen LogP contribution is -2.42. The lowest BCUT2D eigenvalue weighted by Gasteiger charge is -2.25. The van der Waals surface area contributed by atoms with Gasteiger partial charge in [0.05, 0.1) is 0 Å². The maximum absolute atomic E-state index is 13.0. The molecule has 1 heterocycles. The third-order valence-electron chi connectivity index (χ3n) is 5.06. The van der Waals surface area contributed by atoms with Gasteiger partial charge in [-0.25, -0.2) is 0 Å². The zero-order valence-corrected chi connectivity index (χ0v) is 18.3. The molecule has 0 spiro atoms. The summed E-state index contributed by atoms with van der Waals surface area (Å²) in [6.45, 7) is 10.2. The van der Waals surface area contributed by atoms with Crippen molar-refractivity contribution in [1.29, 1.82) is 0 Å². The Balaban J connectivity index is 2.13. The highest BCUT2D eigenvalue weighted by atomic mass is 35.5. The predicted octanol–water partition coefficient (Wildman–Crippen LogP) is 5.63. The highest BCUT2D eigenvalue weighted by Gasteiger charge is 2.20. The summed E-state index contributed by atoms with van der Waals surface area (Å²) in [5.41, 5.74) is 3.08. The van der Waals surface area contributed by atoms with Gasteiger partial charge in [0.15, 0.2) is 0 Å². The summed E-state index contributed by atoms with van der Waals surface area (Å²) in [4.78, 5) is 13.0. The van der Waals surface area contributed by atoms with Gasteiger partial charge in [-0.1, -0.05) is 44.5 Å². The smallest absolute Gasteiger partial charge is 0.251 e. The molecular weight excluding hydrogens is 384 g/mol. The fourth-order valence-electron chi connectivity index (χ4n) is 2.99. The zero-order valence-electron chi connectivity index (χ0n) is 17.5. The maximum atomic E-state index is 13.0. The summed E-state index contributed by atoms with van der Waals surface area (Å²) in [6.07, 6.45) is 2.53. The number of nitrogens with one attached hydrogen (secondary N) is 1. The van der Waals surface area contributed by atoms with Crippen LogP contribution in [-0.4, -0.2) is 26.2 Å². The highest BCUT2D eigenvalue weighted by Crippen LogP contribution is 2.27. The summed E-state index contributed by atoms with van der Waals surface area (Å²) in [6, 6.07) is 13.4. The largest absolute Gasteiger partial charge is 0.347 e. The Morgan fingerprint density at radius 3 is 2.45 bits per heavy atom. The topological polar surface area (TPSA) is 59.8 Å². The van der Waals surface area contributed by atoms with Crippen molar-refractivity contribution in [3.63, 3.8) is 0 Å². The van der Waals surface area contributed by atoms with Crippen LogP contribution < -0.4 is 5.32 Å². The Morgan fingerprint density at radius 2 is 1.83 bits per heavy atom. The van der Waals surface area contributed by atoms with E-state index in [1.807, 2.05) is 60.9 Å². The van der Waals surface area contributed by atoms with Gasteiger partial charge in [0.25, 0.3) is 5.91 Å². The molecule has 0 radical (unpaired) electrons. The molecule has 1 amide bonds. The molecule has 2 aromatic carbocycles. The molecule has 0 saturated carbocycles. The van der Waals surface area contributed by atoms with Crippen molar-refractivity contribution >= 4 is 17.5 Å². The van der Waals surface area contributed by atoms with E-state index in [-0.39, 0.29) is 17.4 Å². The highest BCUT2D eigenvalue weighted by molar-refractivity contribution is 6.30. The van der Waals surface area contributed by atoms with Crippen LogP contribution in [0.25, 0.3) is 16.8 Å². The van der Waals surface area contributed by atoms with Crippen LogP contribution >= 0.6 is 11.6 Å². The van der Waals surface area contributed by atoms with Crippen LogP contribution in [0.2, 0.25) is 5.02 Å². The van der Waals surface area contributed by atoms with Crippen molar-refractivity contribution in [3.8, 4) is 16.8 Å². The van der Waals surface area contributed by atoms with Crippen LogP contribution in [0.15, 0.2) is 48.8 Å². The molecule has 3 rings (SSSR count). The SMILES string of the molecule is CCC(C)(C)NC(=O)c1cc(-c2ccc(Cl)cc2)cc(-n2cnnc2C(C)C)c1. The third-order valence-corrected chi connectivity index (χ3v) is 5.31. The number of carbonyl (C=O) groups excluding carboxylic acids is 1. The molecule has 0 fully saturated rings. The van der Waals surface area contributed by atoms with E-state index in [9.17, 15) is 4.79 Å². The van der Waals surface area contributed by atoms with Gasteiger partial charge in [0.2, 0.25) is 0 Å². The number of halogens is 1. The molecule has 152 valence electrons. The van der Waals surface area contributed by atoms with Gasteiger partial charge in [0.1, 0.15) is 12.2 Å². The predicted molar refractivity (Wildman–Crippen MR) is 118 cm³/mol. The monoisotopic (exact) mass is 410 g/mol. The second-order valence-corrected chi connectivity index (χ2v) is 8.62. The van der Waals surface area contributed by atoms with Gasteiger partial charge in [0, 0.05) is 27.7 Å². The van der Waals surface area contributed by atoms with Gasteiger partial charge in [-0.15, -0.1) is 10.2 Å². The minimum absolute atomic E-state index is 0.104. The summed E-state index contributed by atoms with van der Waals surface area (Å²) in [7, 11) is 0. The molecule has 0 aliphatic carbocycles. The van der Waals surface area contributed by atoms with Crippen molar-refractivity contribution < 1.29 is 4.79 Å². The molecule has 0 aliphatic rings. The van der Waals surface area contributed by atoms with E-state index >= 15 is 0 Å². The molecule has 0 unspecified atom stereocenters. The third kappa shape index (κ3) is 4.85. The Kier molecular flexibility index (Phi) is 6.08. The first-order chi connectivity index (χ1) is 13.7. The van der Waals surface area contributed by atoms with Crippen LogP contribution in [0.3, 0.4) is 0 Å². The van der Waals surface area contributed by atoms with Crippen molar-refractivity contribution in [2.45, 2.75) is 52.5 Å². The molecule has 29 heavy (non-hydrogen) atoms. The van der Waals surface area contributed by atoms with Gasteiger partial charge in [-0.3, -0.25) is 9.36 Å². The van der Waals surface area contributed by atoms with E-state index in [0.29, 0.717) is 10.6 Å². The zero-order chi connectivity index (χ0) is 21.2. The number of nitrogens with zero attached hydrogens (tertiary/aromatic N) is 3. The van der Waals surface area contributed by atoms with Gasteiger partial charge in [-0.05, 0) is 61.7 Å². The minimum Gasteiger partial charge on any atom is -0.347 e. The molecule has 6 heteroatoms. The minimum atomic E-state index is -0.285. The molecule has 0 saturated heterocycles. The standard InChI is InChI=1S/C23H27ClN4O/c1-6-23(4,5)26-22(29)18-11-17(16-7-9-19(24)10-8-16)12-20(13-18)28-14-25-27-21(28)15(2)3/h7-15H,6H2,1-5H3,(H,26,29). The number of hydrogen-bond donors (Lipinski definition) is 1. The molecule has 0 atom stereocenters. The van der Waals surface area contributed by atoms with Crippen molar-refractivity contribution in [2.24, 2.45) is 0 Å². The second-order valence-electron chi connectivity index (χ2n) is 8.18. The fraction of sp³-hybridized carbons (Fsp3) is 0.348. The Labute approximate surface area is 177 Å². The van der Waals surface area contributed by atoms with Gasteiger partial charge < -0.3 is 5.32 Å². The molecule has 1 N–H and O–H groups in total. The van der Waals surface area contributed by atoms with E-state index in [2.05, 4.69) is 36.3 Å². The normalized spacial score (nSPS) is 11.7. The van der Waals surface area contributed by atoms with Crippen LogP contribution in [0, 0.1) is 0 Å². The summed E-state index contributed by atoms with van der Waals surface area (Å²) in [5, 5.41) is 12.1. The summed E-state index contributed by atoms with van der Waals surface area (Å²) >= 11 is 6.05. The molecule has 5 nitrogen and oxygen atoms in total. The summed E-state index contributed by atoms with van der Waals surface area (Å²) in [5.74, 6) is 0.944. The average molecular weight is 411 g/mol. The van der Waals surface area contributed by atoms with Crippen molar-refractivity contribution in [3.05, 3.63) is 65.2 Å². The lowest BCUT2D eigenvalue weighted by atomic mass is 9.98. The Hall–Kier alpha value is -2.66. The van der Waals surface area contributed by atoms with Crippen LogP contribution in [-0.2, 0) is 0 Å². The number of aromatic nitrogens is 3. The molecular formula is C23H27ClN4O. The number of benzene rings is 2. The number of amides is 1. The van der Waals surface area contributed by atoms with Gasteiger partial charge in [-0.2, -0.15) is 0 Å². The first-order valence-corrected chi connectivity index (χ1v) is 10.2. The van der Waals surface area contributed by atoms with Crippen molar-refractivity contribution in [1.82, 2.24) is 20.1 Å². The number of hydrogen-bond acceptors (Lipinski definition) is 3. The molecule has 0 bridgehead atoms. The summed E-state index contributed by atoms with van der Waals surface area (Å²) < 4.78 is 1.94. The van der Waals surface area contributed by atoms with E-state index in [1.165, 1.54) is 0 Å². The number of rotatable bonds is 6. The Bertz CT molecular complexity index is 1010. The fourth-order valence-corrected chi connectivity index (χ4v) is 3.12. The number of carbonyl (C=O) groups is 1. The van der Waals surface area contributed by atoms with Crippen LogP contribution in [0.5, 0.6) is 0 Å². The van der Waals surface area contributed by atoms with Crippen molar-refractivity contribution in [2.75, 3.05) is 0 Å². The molecule has 0 aliphatic heterocycles. The first kappa shape index (κ1) is 21.1. The van der Waals surface area contributed by atoms with Gasteiger partial charge >= 0.3 is 0 Å². The van der Waals surface area contributed by atoms with E-state index in [4.69, 9.17) is 11.6 Å². The average Bonchev–Trinajstić information content (AvgIpc) is 3.18. The second kappa shape index (κ2) is 8.37. The van der Waals surface area contributed by atoms with Crippen LogP contribution in [0.4, 0.5) is 0 Å². The van der Waals surface area contributed by atoms with E-state index in [0.717, 1.165) is 29.1 Å². The first-order valence-electron chi connectivity index (χ1n) is 9.84. The maximum Gasteiger partial charge on any atom is 0.251 e. The van der Waals surface area contributed by atoms with E-state index < -0.39 is 0 Å². The molecule has 3 aromatic rings. The lowest BCUT2D eigenvalue weighted by molar-refractivity contribution is 0.0911. The quantitative estimate of drug-likeness (QED) is 0.572. The molecule has 1 aromatic heterocycles. The Morgan fingerprint density at radius 1 is 1.14 bits per heavy atom.